The Balaban J connectivity index is 2.07. The van der Waals surface area contributed by atoms with Crippen LogP contribution < -0.4 is 5.32 Å². The van der Waals surface area contributed by atoms with Gasteiger partial charge in [-0.1, -0.05) is 25.6 Å². The molecular weight excluding hydrogens is 230 g/mol. The van der Waals surface area contributed by atoms with E-state index in [2.05, 4.69) is 36.2 Å². The molecule has 2 unspecified atom stereocenters. The molecule has 0 saturated heterocycles. The molecular formula is C13H21N3S. The lowest BCUT2D eigenvalue weighted by Gasteiger charge is -2.29. The Labute approximate surface area is 108 Å². The summed E-state index contributed by atoms with van der Waals surface area (Å²) in [5.74, 6) is 0. The van der Waals surface area contributed by atoms with Crippen molar-refractivity contribution < 1.29 is 0 Å². The summed E-state index contributed by atoms with van der Waals surface area (Å²) in [5.41, 5.74) is 1.49. The number of aromatic nitrogens is 2. The average Bonchev–Trinajstić information content (AvgIpc) is 2.57. The number of nitrogens with one attached hydrogen (secondary N) is 1. The fourth-order valence-corrected chi connectivity index (χ4v) is 3.99. The molecule has 17 heavy (non-hydrogen) atoms. The van der Waals surface area contributed by atoms with E-state index in [0.717, 1.165) is 10.7 Å². The Morgan fingerprint density at radius 1 is 1.35 bits per heavy atom. The van der Waals surface area contributed by atoms with E-state index in [9.17, 15) is 0 Å². The standard InChI is InChI=1S/C13H21N3S/c1-9-7-15-12(16-8-9)17-10-5-6-13(2,3)11(10)14-4/h7-8,10-11,14H,5-6H2,1-4H3. The molecule has 0 spiro atoms. The largest absolute Gasteiger partial charge is 0.315 e. The van der Waals surface area contributed by atoms with Gasteiger partial charge in [-0.05, 0) is 37.8 Å². The van der Waals surface area contributed by atoms with Crippen molar-refractivity contribution in [3.63, 3.8) is 0 Å². The predicted octanol–water partition coefficient (Wildman–Crippen LogP) is 2.65. The number of rotatable bonds is 3. The minimum absolute atomic E-state index is 0.372. The predicted molar refractivity (Wildman–Crippen MR) is 72.3 cm³/mol. The van der Waals surface area contributed by atoms with Crippen molar-refractivity contribution in [1.82, 2.24) is 15.3 Å². The first-order valence-electron chi connectivity index (χ1n) is 6.15. The molecule has 0 bridgehead atoms. The first-order chi connectivity index (χ1) is 8.03. The summed E-state index contributed by atoms with van der Waals surface area (Å²) in [6, 6.07) is 0.539. The van der Waals surface area contributed by atoms with Gasteiger partial charge in [-0.15, -0.1) is 0 Å². The molecule has 0 amide bonds. The van der Waals surface area contributed by atoms with Crippen LogP contribution >= 0.6 is 11.8 Å². The van der Waals surface area contributed by atoms with E-state index >= 15 is 0 Å². The van der Waals surface area contributed by atoms with Crippen LogP contribution in [0.4, 0.5) is 0 Å². The van der Waals surface area contributed by atoms with Gasteiger partial charge in [0.2, 0.25) is 0 Å². The molecule has 1 heterocycles. The molecule has 1 aromatic rings. The highest BCUT2D eigenvalue weighted by Crippen LogP contribution is 2.44. The Morgan fingerprint density at radius 2 is 2.00 bits per heavy atom. The summed E-state index contributed by atoms with van der Waals surface area (Å²) >= 11 is 1.81. The smallest absolute Gasteiger partial charge is 0.187 e. The lowest BCUT2D eigenvalue weighted by molar-refractivity contribution is 0.300. The summed E-state index contributed by atoms with van der Waals surface area (Å²) in [7, 11) is 2.06. The SMILES string of the molecule is CNC1C(Sc2ncc(C)cn2)CCC1(C)C. The van der Waals surface area contributed by atoms with Crippen LogP contribution in [0.25, 0.3) is 0 Å². The quantitative estimate of drug-likeness (QED) is 0.838. The van der Waals surface area contributed by atoms with Gasteiger partial charge in [0.05, 0.1) is 0 Å². The Kier molecular flexibility index (Phi) is 3.73. The van der Waals surface area contributed by atoms with Crippen molar-refractivity contribution in [2.24, 2.45) is 5.41 Å². The minimum atomic E-state index is 0.372. The van der Waals surface area contributed by atoms with E-state index in [1.807, 2.05) is 31.1 Å². The van der Waals surface area contributed by atoms with Gasteiger partial charge >= 0.3 is 0 Å². The third-order valence-electron chi connectivity index (χ3n) is 3.61. The van der Waals surface area contributed by atoms with Crippen LogP contribution in [0.15, 0.2) is 17.6 Å². The van der Waals surface area contributed by atoms with Crippen LogP contribution in [0.3, 0.4) is 0 Å². The van der Waals surface area contributed by atoms with Crippen molar-refractivity contribution in [3.05, 3.63) is 18.0 Å². The maximum absolute atomic E-state index is 4.38. The van der Waals surface area contributed by atoms with Gasteiger partial charge in [0.25, 0.3) is 0 Å². The summed E-state index contributed by atoms with van der Waals surface area (Å²) in [6.45, 7) is 6.69. The first kappa shape index (κ1) is 12.8. The average molecular weight is 251 g/mol. The lowest BCUT2D eigenvalue weighted by atomic mass is 9.87. The Morgan fingerprint density at radius 3 is 2.59 bits per heavy atom. The van der Waals surface area contributed by atoms with E-state index < -0.39 is 0 Å². The van der Waals surface area contributed by atoms with Gasteiger partial charge in [0.1, 0.15) is 0 Å². The van der Waals surface area contributed by atoms with Crippen LogP contribution in [0.2, 0.25) is 0 Å². The molecule has 0 radical (unpaired) electrons. The van der Waals surface area contributed by atoms with Crippen LogP contribution in [-0.2, 0) is 0 Å². The van der Waals surface area contributed by atoms with Crippen LogP contribution in [0.5, 0.6) is 0 Å². The molecule has 0 aliphatic heterocycles. The van der Waals surface area contributed by atoms with E-state index in [1.165, 1.54) is 12.8 Å². The molecule has 1 fully saturated rings. The molecule has 1 N–H and O–H groups in total. The molecule has 3 nitrogen and oxygen atoms in total. The molecule has 94 valence electrons. The summed E-state index contributed by atoms with van der Waals surface area (Å²) in [4.78, 5) is 8.76. The van der Waals surface area contributed by atoms with Crippen LogP contribution in [0, 0.1) is 12.3 Å². The van der Waals surface area contributed by atoms with Crippen LogP contribution in [0.1, 0.15) is 32.3 Å². The van der Waals surface area contributed by atoms with Crippen molar-refractivity contribution in [3.8, 4) is 0 Å². The van der Waals surface area contributed by atoms with Gasteiger partial charge in [0.15, 0.2) is 5.16 Å². The Bertz CT molecular complexity index is 375. The normalized spacial score (nSPS) is 27.3. The van der Waals surface area contributed by atoms with Gasteiger partial charge in [-0.25, -0.2) is 9.97 Å². The third-order valence-corrected chi connectivity index (χ3v) is 4.84. The molecule has 1 saturated carbocycles. The fourth-order valence-electron chi connectivity index (χ4n) is 2.62. The highest BCUT2D eigenvalue weighted by Gasteiger charge is 2.41. The summed E-state index contributed by atoms with van der Waals surface area (Å²) in [5, 5.41) is 4.94. The van der Waals surface area contributed by atoms with Crippen molar-refractivity contribution in [1.29, 1.82) is 0 Å². The van der Waals surface area contributed by atoms with E-state index in [-0.39, 0.29) is 0 Å². The second kappa shape index (κ2) is 4.94. The van der Waals surface area contributed by atoms with E-state index in [4.69, 9.17) is 0 Å². The van der Waals surface area contributed by atoms with Crippen molar-refractivity contribution in [2.45, 2.75) is 50.1 Å². The lowest BCUT2D eigenvalue weighted by Crippen LogP contribution is -2.41. The monoisotopic (exact) mass is 251 g/mol. The zero-order valence-electron chi connectivity index (χ0n) is 11.0. The second-order valence-corrected chi connectivity index (χ2v) is 6.70. The Hall–Kier alpha value is -0.610. The van der Waals surface area contributed by atoms with Crippen molar-refractivity contribution in [2.75, 3.05) is 7.05 Å². The zero-order chi connectivity index (χ0) is 12.5. The zero-order valence-corrected chi connectivity index (χ0v) is 11.8. The highest BCUT2D eigenvalue weighted by molar-refractivity contribution is 7.99. The summed E-state index contributed by atoms with van der Waals surface area (Å²) < 4.78 is 0. The number of hydrogen-bond acceptors (Lipinski definition) is 4. The highest BCUT2D eigenvalue weighted by atomic mass is 32.2. The second-order valence-electron chi connectivity index (χ2n) is 5.49. The van der Waals surface area contributed by atoms with E-state index in [0.29, 0.717) is 16.7 Å². The molecule has 2 atom stereocenters. The van der Waals surface area contributed by atoms with Gasteiger partial charge in [-0.3, -0.25) is 0 Å². The number of hydrogen-bond donors (Lipinski definition) is 1. The van der Waals surface area contributed by atoms with Gasteiger partial charge in [-0.2, -0.15) is 0 Å². The number of aryl methyl sites for hydroxylation is 1. The number of thioether (sulfide) groups is 1. The minimum Gasteiger partial charge on any atom is -0.315 e. The molecule has 0 aromatic carbocycles. The fraction of sp³-hybridized carbons (Fsp3) is 0.692. The first-order valence-corrected chi connectivity index (χ1v) is 7.03. The van der Waals surface area contributed by atoms with E-state index in [1.54, 1.807) is 0 Å². The maximum Gasteiger partial charge on any atom is 0.187 e. The third kappa shape index (κ3) is 2.80. The van der Waals surface area contributed by atoms with Crippen molar-refractivity contribution >= 4 is 11.8 Å². The number of nitrogens with zero attached hydrogens (tertiary/aromatic N) is 2. The van der Waals surface area contributed by atoms with Crippen LogP contribution in [-0.4, -0.2) is 28.3 Å². The topological polar surface area (TPSA) is 37.8 Å². The molecule has 1 aromatic heterocycles. The molecule has 4 heteroatoms. The van der Waals surface area contributed by atoms with Gasteiger partial charge < -0.3 is 5.32 Å². The molecule has 1 aliphatic carbocycles. The maximum atomic E-state index is 4.38. The molecule has 2 rings (SSSR count). The summed E-state index contributed by atoms with van der Waals surface area (Å²) in [6.07, 6.45) is 6.29. The molecule has 1 aliphatic rings. The van der Waals surface area contributed by atoms with Gasteiger partial charge in [0, 0.05) is 23.7 Å².